The fourth-order valence-electron chi connectivity index (χ4n) is 3.82. The molecule has 0 radical (unpaired) electrons. The highest BCUT2D eigenvalue weighted by atomic mass is 16.4. The third kappa shape index (κ3) is 2.90. The van der Waals surface area contributed by atoms with Gasteiger partial charge in [-0.05, 0) is 30.9 Å². The van der Waals surface area contributed by atoms with E-state index in [1.807, 2.05) is 30.5 Å². The molecule has 5 heteroatoms. The Morgan fingerprint density at radius 1 is 1.21 bits per heavy atom. The zero-order chi connectivity index (χ0) is 17.2. The van der Waals surface area contributed by atoms with Gasteiger partial charge in [0.05, 0.1) is 0 Å². The van der Waals surface area contributed by atoms with Gasteiger partial charge in [0.25, 0.3) is 0 Å². The zero-order valence-electron chi connectivity index (χ0n) is 14.0. The lowest BCUT2D eigenvalue weighted by Gasteiger charge is -2.41. The quantitative estimate of drug-likeness (QED) is 0.884. The molecule has 0 atom stereocenters. The largest absolute Gasteiger partial charge is 0.479 e. The number of fused-ring (bicyclic) bond motifs is 1. The Bertz CT molecular complexity index is 744. The number of carboxylic acids is 1. The van der Waals surface area contributed by atoms with Crippen LogP contribution in [0, 0.1) is 0 Å². The molecule has 1 aliphatic rings. The second-order valence-electron chi connectivity index (χ2n) is 6.71. The lowest BCUT2D eigenvalue weighted by molar-refractivity contribution is -0.160. The number of aromatic nitrogens is 1. The van der Waals surface area contributed by atoms with Crippen molar-refractivity contribution in [3.63, 3.8) is 0 Å². The molecule has 1 amide bonds. The molecule has 128 valence electrons. The van der Waals surface area contributed by atoms with Crippen LogP contribution in [0.1, 0.15) is 44.1 Å². The lowest BCUT2D eigenvalue weighted by Crippen LogP contribution is -2.56. The number of aliphatic carboxylic acids is 1. The second kappa shape index (κ2) is 6.67. The maximum atomic E-state index is 12.6. The molecule has 2 N–H and O–H groups in total. The number of rotatable bonds is 5. The SMILES string of the molecule is CN(C(=O)CCc1c[nH]c2ccccc12)C1(C(=O)O)CCCCC1. The molecule has 1 saturated carbocycles. The first kappa shape index (κ1) is 16.6. The molecule has 1 fully saturated rings. The summed E-state index contributed by atoms with van der Waals surface area (Å²) < 4.78 is 0. The van der Waals surface area contributed by atoms with Gasteiger partial charge in [0.2, 0.25) is 5.91 Å². The Hall–Kier alpha value is -2.30. The van der Waals surface area contributed by atoms with E-state index in [2.05, 4.69) is 4.98 Å². The number of carbonyl (C=O) groups excluding carboxylic acids is 1. The first-order valence-electron chi connectivity index (χ1n) is 8.60. The predicted octanol–water partition coefficient (Wildman–Crippen LogP) is 3.35. The minimum Gasteiger partial charge on any atom is -0.479 e. The van der Waals surface area contributed by atoms with E-state index in [1.54, 1.807) is 7.05 Å². The van der Waals surface area contributed by atoms with Gasteiger partial charge in [0, 0.05) is 30.6 Å². The lowest BCUT2D eigenvalue weighted by atomic mass is 9.80. The van der Waals surface area contributed by atoms with Crippen LogP contribution in [-0.4, -0.2) is 39.5 Å². The van der Waals surface area contributed by atoms with Gasteiger partial charge < -0.3 is 15.0 Å². The number of amides is 1. The third-order valence-electron chi connectivity index (χ3n) is 5.38. The third-order valence-corrected chi connectivity index (χ3v) is 5.38. The van der Waals surface area contributed by atoms with E-state index >= 15 is 0 Å². The Morgan fingerprint density at radius 2 is 1.92 bits per heavy atom. The Balaban J connectivity index is 1.70. The molecule has 0 unspecified atom stereocenters. The predicted molar refractivity (Wildman–Crippen MR) is 92.8 cm³/mol. The zero-order valence-corrected chi connectivity index (χ0v) is 14.0. The number of hydrogen-bond donors (Lipinski definition) is 2. The van der Waals surface area contributed by atoms with Crippen molar-refractivity contribution in [3.05, 3.63) is 36.0 Å². The molecule has 3 rings (SSSR count). The molecule has 0 saturated heterocycles. The Labute approximate surface area is 141 Å². The van der Waals surface area contributed by atoms with E-state index in [0.29, 0.717) is 25.7 Å². The number of carboxylic acid groups (broad SMARTS) is 1. The number of likely N-dealkylation sites (N-methyl/N-ethyl adjacent to an activating group) is 1. The van der Waals surface area contributed by atoms with Crippen molar-refractivity contribution in [2.24, 2.45) is 0 Å². The molecule has 0 spiro atoms. The topological polar surface area (TPSA) is 73.4 Å². The summed E-state index contributed by atoms with van der Waals surface area (Å²) in [4.78, 5) is 29.2. The summed E-state index contributed by atoms with van der Waals surface area (Å²) in [6, 6.07) is 8.00. The number of para-hydroxylation sites is 1. The van der Waals surface area contributed by atoms with Crippen molar-refractivity contribution in [1.29, 1.82) is 0 Å². The highest BCUT2D eigenvalue weighted by Gasteiger charge is 2.45. The van der Waals surface area contributed by atoms with Gasteiger partial charge >= 0.3 is 5.97 Å². The van der Waals surface area contributed by atoms with Crippen molar-refractivity contribution in [2.45, 2.75) is 50.5 Å². The molecule has 1 aliphatic carbocycles. The number of aryl methyl sites for hydroxylation is 1. The van der Waals surface area contributed by atoms with E-state index < -0.39 is 11.5 Å². The first-order chi connectivity index (χ1) is 11.5. The van der Waals surface area contributed by atoms with Crippen LogP contribution in [0.4, 0.5) is 0 Å². The van der Waals surface area contributed by atoms with Crippen LogP contribution in [0.5, 0.6) is 0 Å². The molecule has 24 heavy (non-hydrogen) atoms. The summed E-state index contributed by atoms with van der Waals surface area (Å²) in [5.41, 5.74) is 1.14. The molecule has 5 nitrogen and oxygen atoms in total. The molecule has 1 aromatic heterocycles. The highest BCUT2D eigenvalue weighted by molar-refractivity contribution is 5.88. The smallest absolute Gasteiger partial charge is 0.329 e. The summed E-state index contributed by atoms with van der Waals surface area (Å²) in [6.07, 6.45) is 6.77. The van der Waals surface area contributed by atoms with E-state index in [4.69, 9.17) is 0 Å². The number of benzene rings is 1. The van der Waals surface area contributed by atoms with Gasteiger partial charge in [-0.2, -0.15) is 0 Å². The second-order valence-corrected chi connectivity index (χ2v) is 6.71. The van der Waals surface area contributed by atoms with Crippen LogP contribution in [0.25, 0.3) is 10.9 Å². The number of nitrogens with zero attached hydrogens (tertiary/aromatic N) is 1. The average molecular weight is 328 g/mol. The van der Waals surface area contributed by atoms with Crippen LogP contribution in [0.2, 0.25) is 0 Å². The summed E-state index contributed by atoms with van der Waals surface area (Å²) in [6.45, 7) is 0. The van der Waals surface area contributed by atoms with Gasteiger partial charge in [-0.25, -0.2) is 4.79 Å². The minimum atomic E-state index is -1.02. The van der Waals surface area contributed by atoms with E-state index in [0.717, 1.165) is 35.7 Å². The number of carbonyl (C=O) groups is 2. The molecular formula is C19H24N2O3. The van der Waals surface area contributed by atoms with Gasteiger partial charge in [0.1, 0.15) is 5.54 Å². The standard InChI is InChI=1S/C19H24N2O3/c1-21(19(18(23)24)11-5-2-6-12-19)17(22)10-9-14-13-20-16-8-4-3-7-15(14)16/h3-4,7-8,13,20H,2,5-6,9-12H2,1H3,(H,23,24). The fourth-order valence-corrected chi connectivity index (χ4v) is 3.82. The van der Waals surface area contributed by atoms with Crippen LogP contribution in [0.3, 0.4) is 0 Å². The summed E-state index contributed by atoms with van der Waals surface area (Å²) in [7, 11) is 1.65. The normalized spacial score (nSPS) is 16.9. The fraction of sp³-hybridized carbons (Fsp3) is 0.474. The Kier molecular flexibility index (Phi) is 4.60. The highest BCUT2D eigenvalue weighted by Crippen LogP contribution is 2.34. The first-order valence-corrected chi connectivity index (χ1v) is 8.60. The van der Waals surface area contributed by atoms with Gasteiger partial charge in [-0.15, -0.1) is 0 Å². The summed E-state index contributed by atoms with van der Waals surface area (Å²) >= 11 is 0. The van der Waals surface area contributed by atoms with Crippen molar-refractivity contribution in [2.75, 3.05) is 7.05 Å². The molecule has 0 bridgehead atoms. The molecule has 0 aliphatic heterocycles. The monoisotopic (exact) mass is 328 g/mol. The van der Waals surface area contributed by atoms with Crippen LogP contribution >= 0.6 is 0 Å². The average Bonchev–Trinajstić information content (AvgIpc) is 3.02. The van der Waals surface area contributed by atoms with Crippen molar-refractivity contribution in [1.82, 2.24) is 9.88 Å². The van der Waals surface area contributed by atoms with Crippen molar-refractivity contribution in [3.8, 4) is 0 Å². The number of nitrogens with one attached hydrogen (secondary N) is 1. The summed E-state index contributed by atoms with van der Waals surface area (Å²) in [5, 5.41) is 10.8. The molecule has 1 aromatic carbocycles. The molecule has 1 heterocycles. The summed E-state index contributed by atoms with van der Waals surface area (Å²) in [5.74, 6) is -0.963. The van der Waals surface area contributed by atoms with E-state index in [1.165, 1.54) is 4.90 Å². The number of aromatic amines is 1. The van der Waals surface area contributed by atoms with Crippen LogP contribution in [-0.2, 0) is 16.0 Å². The van der Waals surface area contributed by atoms with Gasteiger partial charge in [0.15, 0.2) is 0 Å². The van der Waals surface area contributed by atoms with Crippen molar-refractivity contribution < 1.29 is 14.7 Å². The maximum Gasteiger partial charge on any atom is 0.329 e. The Morgan fingerprint density at radius 3 is 2.62 bits per heavy atom. The van der Waals surface area contributed by atoms with E-state index in [9.17, 15) is 14.7 Å². The van der Waals surface area contributed by atoms with Crippen molar-refractivity contribution >= 4 is 22.8 Å². The van der Waals surface area contributed by atoms with Crippen LogP contribution < -0.4 is 0 Å². The van der Waals surface area contributed by atoms with Gasteiger partial charge in [-0.3, -0.25) is 4.79 Å². The van der Waals surface area contributed by atoms with E-state index in [-0.39, 0.29) is 5.91 Å². The minimum absolute atomic E-state index is 0.0930. The molecule has 2 aromatic rings. The maximum absolute atomic E-state index is 12.6. The van der Waals surface area contributed by atoms with Gasteiger partial charge in [-0.1, -0.05) is 37.5 Å². The molecular weight excluding hydrogens is 304 g/mol. The number of H-pyrrole nitrogens is 1. The van der Waals surface area contributed by atoms with Crippen LogP contribution in [0.15, 0.2) is 30.5 Å². The number of hydrogen-bond acceptors (Lipinski definition) is 2.